The molecule has 0 saturated heterocycles. The summed E-state index contributed by atoms with van der Waals surface area (Å²) in [4.78, 5) is 3.37. The summed E-state index contributed by atoms with van der Waals surface area (Å²) in [5.74, 6) is 0.914. The van der Waals surface area contributed by atoms with E-state index in [4.69, 9.17) is 10.2 Å². The normalized spacial score (nSPS) is 13.0. The summed E-state index contributed by atoms with van der Waals surface area (Å²) in [5, 5.41) is 1.21. The van der Waals surface area contributed by atoms with Crippen LogP contribution in [0.1, 0.15) is 23.1 Å². The monoisotopic (exact) mass is 240 g/mol. The van der Waals surface area contributed by atoms with Crippen LogP contribution in [0.5, 0.6) is 0 Å². The highest BCUT2D eigenvalue weighted by Gasteiger charge is 2.11. The zero-order valence-electron chi connectivity index (χ0n) is 10.3. The first kappa shape index (κ1) is 11.1. The van der Waals surface area contributed by atoms with Crippen molar-refractivity contribution >= 4 is 10.9 Å². The van der Waals surface area contributed by atoms with Gasteiger partial charge in [0.25, 0.3) is 0 Å². The lowest BCUT2D eigenvalue weighted by Crippen LogP contribution is -2.13. The minimum Gasteiger partial charge on any atom is -0.469 e. The molecule has 1 atom stereocenters. The third kappa shape index (κ3) is 2.05. The maximum absolute atomic E-state index is 6.20. The third-order valence-electron chi connectivity index (χ3n) is 3.20. The molecule has 0 spiro atoms. The van der Waals surface area contributed by atoms with E-state index in [-0.39, 0.29) is 6.04 Å². The van der Waals surface area contributed by atoms with Crippen LogP contribution in [0.4, 0.5) is 0 Å². The second-order valence-corrected chi connectivity index (χ2v) is 4.71. The number of fused-ring (bicyclic) bond motifs is 1. The van der Waals surface area contributed by atoms with Gasteiger partial charge in [0, 0.05) is 17.6 Å². The van der Waals surface area contributed by atoms with Gasteiger partial charge in [-0.05, 0) is 42.6 Å². The zero-order chi connectivity index (χ0) is 12.5. The number of benzene rings is 1. The molecule has 2 heterocycles. The van der Waals surface area contributed by atoms with Crippen LogP contribution >= 0.6 is 0 Å². The number of nitrogens with two attached hydrogens (primary N) is 1. The summed E-state index contributed by atoms with van der Waals surface area (Å²) < 4.78 is 5.32. The van der Waals surface area contributed by atoms with E-state index >= 15 is 0 Å². The number of rotatable bonds is 3. The maximum Gasteiger partial charge on any atom is 0.105 e. The van der Waals surface area contributed by atoms with Gasteiger partial charge in [-0.25, -0.2) is 0 Å². The quantitative estimate of drug-likeness (QED) is 0.738. The molecule has 1 aromatic carbocycles. The molecule has 0 aliphatic carbocycles. The molecule has 1 unspecified atom stereocenters. The molecule has 3 rings (SSSR count). The molecule has 0 amide bonds. The molecule has 0 radical (unpaired) electrons. The summed E-state index contributed by atoms with van der Waals surface area (Å²) in [5.41, 5.74) is 9.63. The summed E-state index contributed by atoms with van der Waals surface area (Å²) in [6.07, 6.45) is 2.38. The molecule has 0 bridgehead atoms. The minimum absolute atomic E-state index is 0.0659. The van der Waals surface area contributed by atoms with Crippen molar-refractivity contribution < 1.29 is 4.42 Å². The lowest BCUT2D eigenvalue weighted by Gasteiger charge is -2.07. The van der Waals surface area contributed by atoms with Gasteiger partial charge in [0.15, 0.2) is 0 Å². The van der Waals surface area contributed by atoms with Crippen molar-refractivity contribution in [2.45, 2.75) is 19.4 Å². The van der Waals surface area contributed by atoms with Crippen molar-refractivity contribution in [2.24, 2.45) is 5.73 Å². The van der Waals surface area contributed by atoms with E-state index in [0.29, 0.717) is 6.42 Å². The first-order valence-corrected chi connectivity index (χ1v) is 6.09. The van der Waals surface area contributed by atoms with Gasteiger partial charge in [-0.3, -0.25) is 0 Å². The molecular formula is C15H16N2O. The summed E-state index contributed by atoms with van der Waals surface area (Å²) >= 11 is 0. The van der Waals surface area contributed by atoms with Gasteiger partial charge in [0.05, 0.1) is 12.3 Å². The first-order valence-electron chi connectivity index (χ1n) is 6.09. The average Bonchev–Trinajstić information content (AvgIpc) is 2.96. The van der Waals surface area contributed by atoms with Crippen molar-refractivity contribution in [1.29, 1.82) is 0 Å². The zero-order valence-corrected chi connectivity index (χ0v) is 10.3. The molecule has 3 aromatic rings. The van der Waals surface area contributed by atoms with E-state index in [9.17, 15) is 0 Å². The average molecular weight is 240 g/mol. The lowest BCUT2D eigenvalue weighted by atomic mass is 10.1. The number of H-pyrrole nitrogens is 1. The van der Waals surface area contributed by atoms with Crippen LogP contribution in [0.25, 0.3) is 10.9 Å². The summed E-state index contributed by atoms with van der Waals surface area (Å²) in [7, 11) is 0. The van der Waals surface area contributed by atoms with Crippen molar-refractivity contribution in [3.8, 4) is 0 Å². The Morgan fingerprint density at radius 3 is 2.94 bits per heavy atom. The highest BCUT2D eigenvalue weighted by Crippen LogP contribution is 2.22. The fraction of sp³-hybridized carbons (Fsp3) is 0.200. The van der Waals surface area contributed by atoms with E-state index in [1.807, 2.05) is 12.1 Å². The highest BCUT2D eigenvalue weighted by atomic mass is 16.3. The van der Waals surface area contributed by atoms with Crippen LogP contribution in [-0.4, -0.2) is 4.98 Å². The number of hydrogen-bond acceptors (Lipinski definition) is 2. The van der Waals surface area contributed by atoms with Gasteiger partial charge >= 0.3 is 0 Å². The molecule has 3 N–H and O–H groups in total. The van der Waals surface area contributed by atoms with Gasteiger partial charge in [-0.15, -0.1) is 0 Å². The predicted octanol–water partition coefficient (Wildman–Crippen LogP) is 3.31. The van der Waals surface area contributed by atoms with Crippen LogP contribution in [0, 0.1) is 6.92 Å². The van der Waals surface area contributed by atoms with Gasteiger partial charge in [0.2, 0.25) is 0 Å². The molecule has 0 saturated carbocycles. The Hall–Kier alpha value is -2.00. The van der Waals surface area contributed by atoms with Crippen LogP contribution < -0.4 is 5.73 Å². The molecule has 0 aliphatic heterocycles. The largest absolute Gasteiger partial charge is 0.469 e. The Bertz CT molecular complexity index is 652. The van der Waals surface area contributed by atoms with E-state index in [1.54, 1.807) is 6.26 Å². The Labute approximate surface area is 106 Å². The standard InChI is InChI=1S/C15H16N2O/c1-10-4-5-14-11(7-10)8-15(17-14)13(16)9-12-3-2-6-18-12/h2-8,13,17H,9,16H2,1H3. The first-order chi connectivity index (χ1) is 8.72. The highest BCUT2D eigenvalue weighted by molar-refractivity contribution is 5.81. The molecule has 18 heavy (non-hydrogen) atoms. The Morgan fingerprint density at radius 2 is 2.17 bits per heavy atom. The van der Waals surface area contributed by atoms with Gasteiger partial charge in [-0.1, -0.05) is 11.6 Å². The third-order valence-corrected chi connectivity index (χ3v) is 3.20. The van der Waals surface area contributed by atoms with Crippen molar-refractivity contribution in [3.05, 3.63) is 59.7 Å². The minimum atomic E-state index is -0.0659. The molecule has 0 fully saturated rings. The number of hydrogen-bond donors (Lipinski definition) is 2. The number of aromatic nitrogens is 1. The van der Waals surface area contributed by atoms with E-state index < -0.39 is 0 Å². The van der Waals surface area contributed by atoms with Crippen LogP contribution in [0.3, 0.4) is 0 Å². The molecule has 3 heteroatoms. The van der Waals surface area contributed by atoms with Crippen molar-refractivity contribution in [2.75, 3.05) is 0 Å². The van der Waals surface area contributed by atoms with Gasteiger partial charge < -0.3 is 15.1 Å². The molecule has 2 aromatic heterocycles. The fourth-order valence-electron chi connectivity index (χ4n) is 2.23. The lowest BCUT2D eigenvalue weighted by molar-refractivity contribution is 0.486. The second-order valence-electron chi connectivity index (χ2n) is 4.71. The Morgan fingerprint density at radius 1 is 1.28 bits per heavy atom. The topological polar surface area (TPSA) is 55.0 Å². The summed E-state index contributed by atoms with van der Waals surface area (Å²) in [6, 6.07) is 12.2. The van der Waals surface area contributed by atoms with Gasteiger partial charge in [0.1, 0.15) is 5.76 Å². The van der Waals surface area contributed by atoms with Crippen LogP contribution in [-0.2, 0) is 6.42 Å². The van der Waals surface area contributed by atoms with E-state index in [0.717, 1.165) is 17.0 Å². The van der Waals surface area contributed by atoms with Crippen LogP contribution in [0.2, 0.25) is 0 Å². The van der Waals surface area contributed by atoms with E-state index in [1.165, 1.54) is 10.9 Å². The number of nitrogens with one attached hydrogen (secondary N) is 1. The summed E-state index contributed by atoms with van der Waals surface area (Å²) in [6.45, 7) is 2.09. The smallest absolute Gasteiger partial charge is 0.105 e. The van der Waals surface area contributed by atoms with Gasteiger partial charge in [-0.2, -0.15) is 0 Å². The van der Waals surface area contributed by atoms with E-state index in [2.05, 4.69) is 36.2 Å². The number of aryl methyl sites for hydroxylation is 1. The fourth-order valence-corrected chi connectivity index (χ4v) is 2.23. The van der Waals surface area contributed by atoms with Crippen LogP contribution in [0.15, 0.2) is 47.1 Å². The second kappa shape index (κ2) is 4.35. The Kier molecular flexibility index (Phi) is 2.68. The molecule has 0 aliphatic rings. The SMILES string of the molecule is Cc1ccc2[nH]c(C(N)Cc3ccco3)cc2c1. The Balaban J connectivity index is 1.89. The molecule has 92 valence electrons. The number of furan rings is 1. The van der Waals surface area contributed by atoms with Crippen molar-refractivity contribution in [3.63, 3.8) is 0 Å². The molecule has 3 nitrogen and oxygen atoms in total. The molecular weight excluding hydrogens is 224 g/mol. The van der Waals surface area contributed by atoms with Crippen molar-refractivity contribution in [1.82, 2.24) is 4.98 Å². The number of aromatic amines is 1. The maximum atomic E-state index is 6.20. The predicted molar refractivity (Wildman–Crippen MR) is 72.4 cm³/mol.